The van der Waals surface area contributed by atoms with Gasteiger partial charge in [0, 0.05) is 11.6 Å². The summed E-state index contributed by atoms with van der Waals surface area (Å²) in [4.78, 5) is 0.0456. The fraction of sp³-hybridized carbons (Fsp3) is 0.143. The van der Waals surface area contributed by atoms with Crippen molar-refractivity contribution in [3.63, 3.8) is 0 Å². The van der Waals surface area contributed by atoms with Crippen LogP contribution in [-0.4, -0.2) is 15.0 Å². The molecule has 0 aliphatic carbocycles. The van der Waals surface area contributed by atoms with Crippen molar-refractivity contribution in [3.05, 3.63) is 64.9 Å². The first-order valence-electron chi connectivity index (χ1n) is 5.90. The zero-order valence-corrected chi connectivity index (χ0v) is 12.0. The van der Waals surface area contributed by atoms with Crippen LogP contribution in [0.4, 0.5) is 4.39 Å². The first-order valence-corrected chi connectivity index (χ1v) is 7.82. The van der Waals surface area contributed by atoms with E-state index in [4.69, 9.17) is 17.3 Å². The highest BCUT2D eigenvalue weighted by atomic mass is 35.5. The van der Waals surface area contributed by atoms with Crippen LogP contribution in [0.25, 0.3) is 0 Å². The molecule has 0 radical (unpaired) electrons. The molecule has 0 amide bonds. The molecule has 0 aliphatic heterocycles. The van der Waals surface area contributed by atoms with Gasteiger partial charge in [0.25, 0.3) is 0 Å². The third-order valence-electron chi connectivity index (χ3n) is 2.97. The number of halogens is 2. The summed E-state index contributed by atoms with van der Waals surface area (Å²) >= 11 is 5.79. The summed E-state index contributed by atoms with van der Waals surface area (Å²) in [7, 11) is -3.67. The normalized spacial score (nSPS) is 13.2. The van der Waals surface area contributed by atoms with Crippen molar-refractivity contribution >= 4 is 21.4 Å². The molecular weight excluding hydrogens is 301 g/mol. The quantitative estimate of drug-likeness (QED) is 0.883. The first-order chi connectivity index (χ1) is 9.45. The average Bonchev–Trinajstić information content (AvgIpc) is 2.42. The van der Waals surface area contributed by atoms with Crippen LogP contribution in [0.3, 0.4) is 0 Å². The Morgan fingerprint density at radius 3 is 2.10 bits per heavy atom. The number of hydrogen-bond donors (Lipinski definition) is 1. The van der Waals surface area contributed by atoms with Crippen LogP contribution >= 0.6 is 11.6 Å². The van der Waals surface area contributed by atoms with Crippen LogP contribution in [0.5, 0.6) is 0 Å². The van der Waals surface area contributed by atoms with Gasteiger partial charge in [-0.3, -0.25) is 0 Å². The summed E-state index contributed by atoms with van der Waals surface area (Å²) in [6.07, 6.45) is 0. The molecule has 106 valence electrons. The molecule has 0 spiro atoms. The van der Waals surface area contributed by atoms with E-state index in [2.05, 4.69) is 0 Å². The van der Waals surface area contributed by atoms with Crippen LogP contribution in [0, 0.1) is 5.82 Å². The smallest absolute Gasteiger partial charge is 0.186 e. The molecule has 2 aromatic carbocycles. The van der Waals surface area contributed by atoms with Crippen molar-refractivity contribution in [2.45, 2.75) is 10.1 Å². The van der Waals surface area contributed by atoms with Crippen LogP contribution < -0.4 is 5.73 Å². The van der Waals surface area contributed by atoms with Gasteiger partial charge in [0.05, 0.1) is 4.90 Å². The number of hydrogen-bond acceptors (Lipinski definition) is 3. The predicted molar refractivity (Wildman–Crippen MR) is 76.8 cm³/mol. The molecule has 2 N–H and O–H groups in total. The molecule has 0 bridgehead atoms. The Hall–Kier alpha value is -1.43. The second-order valence-corrected chi connectivity index (χ2v) is 6.84. The highest BCUT2D eigenvalue weighted by molar-refractivity contribution is 7.91. The Morgan fingerprint density at radius 2 is 1.60 bits per heavy atom. The van der Waals surface area contributed by atoms with Crippen LogP contribution in [-0.2, 0) is 9.84 Å². The number of sulfone groups is 1. The second-order valence-electron chi connectivity index (χ2n) is 4.27. The Morgan fingerprint density at radius 1 is 1.05 bits per heavy atom. The van der Waals surface area contributed by atoms with E-state index in [-0.39, 0.29) is 11.4 Å². The number of nitrogens with two attached hydrogens (primary N) is 1. The maximum atomic E-state index is 12.9. The fourth-order valence-corrected chi connectivity index (χ4v) is 3.65. The monoisotopic (exact) mass is 313 g/mol. The summed E-state index contributed by atoms with van der Waals surface area (Å²) in [5, 5.41) is -0.367. The number of benzene rings is 2. The Bertz CT molecular complexity index is 684. The Kier molecular flexibility index (Phi) is 4.42. The lowest BCUT2D eigenvalue weighted by atomic mass is 10.1. The standard InChI is InChI=1S/C14H13ClFNO2S/c15-11-3-1-10(2-4-11)14(9-17)20(18,19)13-7-5-12(16)6-8-13/h1-8,14H,9,17H2. The van der Waals surface area contributed by atoms with Gasteiger partial charge in [-0.2, -0.15) is 0 Å². The zero-order chi connectivity index (χ0) is 14.8. The van der Waals surface area contributed by atoms with Crippen molar-refractivity contribution < 1.29 is 12.8 Å². The van der Waals surface area contributed by atoms with Crippen molar-refractivity contribution in [2.75, 3.05) is 6.54 Å². The number of rotatable bonds is 4. The molecule has 0 aromatic heterocycles. The van der Waals surface area contributed by atoms with E-state index in [9.17, 15) is 12.8 Å². The Balaban J connectivity index is 2.44. The molecule has 1 atom stereocenters. The maximum Gasteiger partial charge on any atom is 0.186 e. The van der Waals surface area contributed by atoms with Crippen molar-refractivity contribution in [1.29, 1.82) is 0 Å². The summed E-state index contributed by atoms with van der Waals surface area (Å²) in [6, 6.07) is 11.2. The minimum atomic E-state index is -3.67. The lowest BCUT2D eigenvalue weighted by molar-refractivity contribution is 0.581. The summed E-state index contributed by atoms with van der Waals surface area (Å²) in [5.41, 5.74) is 6.17. The van der Waals surface area contributed by atoms with Crippen molar-refractivity contribution in [1.82, 2.24) is 0 Å². The van der Waals surface area contributed by atoms with E-state index < -0.39 is 20.9 Å². The predicted octanol–water partition coefficient (Wildman–Crippen LogP) is 2.95. The summed E-state index contributed by atoms with van der Waals surface area (Å²) < 4.78 is 37.9. The first kappa shape index (κ1) is 15.0. The SMILES string of the molecule is NCC(c1ccc(Cl)cc1)S(=O)(=O)c1ccc(F)cc1. The van der Waals surface area contributed by atoms with E-state index in [0.717, 1.165) is 12.1 Å². The molecule has 0 saturated carbocycles. The largest absolute Gasteiger partial charge is 0.329 e. The van der Waals surface area contributed by atoms with Gasteiger partial charge >= 0.3 is 0 Å². The van der Waals surface area contributed by atoms with Gasteiger partial charge < -0.3 is 5.73 Å². The van der Waals surface area contributed by atoms with E-state index in [1.54, 1.807) is 24.3 Å². The van der Waals surface area contributed by atoms with Gasteiger partial charge in [-0.05, 0) is 42.0 Å². The molecule has 0 heterocycles. The van der Waals surface area contributed by atoms with Gasteiger partial charge in [-0.25, -0.2) is 12.8 Å². The van der Waals surface area contributed by atoms with Crippen molar-refractivity contribution in [2.24, 2.45) is 5.73 Å². The minimum Gasteiger partial charge on any atom is -0.329 e. The van der Waals surface area contributed by atoms with Crippen LogP contribution in [0.2, 0.25) is 5.02 Å². The molecule has 0 saturated heterocycles. The highest BCUT2D eigenvalue weighted by Gasteiger charge is 2.27. The van der Waals surface area contributed by atoms with Gasteiger partial charge in [0.1, 0.15) is 11.1 Å². The molecule has 20 heavy (non-hydrogen) atoms. The van der Waals surface area contributed by atoms with Crippen LogP contribution in [0.15, 0.2) is 53.4 Å². The highest BCUT2D eigenvalue weighted by Crippen LogP contribution is 2.28. The van der Waals surface area contributed by atoms with E-state index >= 15 is 0 Å². The molecule has 0 fully saturated rings. The van der Waals surface area contributed by atoms with Crippen LogP contribution in [0.1, 0.15) is 10.8 Å². The molecular formula is C14H13ClFNO2S. The summed E-state index contributed by atoms with van der Waals surface area (Å²) in [5.74, 6) is -0.486. The molecule has 2 rings (SSSR count). The van der Waals surface area contributed by atoms with Gasteiger partial charge in [0.2, 0.25) is 0 Å². The summed E-state index contributed by atoms with van der Waals surface area (Å²) in [6.45, 7) is -0.0681. The molecule has 6 heteroatoms. The molecule has 0 aliphatic rings. The molecule has 3 nitrogen and oxygen atoms in total. The average molecular weight is 314 g/mol. The van der Waals surface area contributed by atoms with E-state index in [1.165, 1.54) is 12.1 Å². The second kappa shape index (κ2) is 5.91. The lowest BCUT2D eigenvalue weighted by Crippen LogP contribution is -2.22. The van der Waals surface area contributed by atoms with Gasteiger partial charge in [0.15, 0.2) is 9.84 Å². The fourth-order valence-electron chi connectivity index (χ4n) is 1.91. The van der Waals surface area contributed by atoms with E-state index in [1.807, 2.05) is 0 Å². The third kappa shape index (κ3) is 3.00. The lowest BCUT2D eigenvalue weighted by Gasteiger charge is -2.16. The maximum absolute atomic E-state index is 12.9. The molecule has 1 unspecified atom stereocenters. The van der Waals surface area contributed by atoms with E-state index in [0.29, 0.717) is 10.6 Å². The Labute approximate surface area is 122 Å². The minimum absolute atomic E-state index is 0.0456. The topological polar surface area (TPSA) is 60.2 Å². The van der Waals surface area contributed by atoms with Gasteiger partial charge in [-0.1, -0.05) is 23.7 Å². The third-order valence-corrected chi connectivity index (χ3v) is 5.37. The zero-order valence-electron chi connectivity index (χ0n) is 10.5. The van der Waals surface area contributed by atoms with Gasteiger partial charge in [-0.15, -0.1) is 0 Å². The van der Waals surface area contributed by atoms with Crippen molar-refractivity contribution in [3.8, 4) is 0 Å². The molecule has 2 aromatic rings.